The van der Waals surface area contributed by atoms with Crippen LogP contribution in [0.15, 0.2) is 16.6 Å². The summed E-state index contributed by atoms with van der Waals surface area (Å²) in [6.07, 6.45) is 3.63. The van der Waals surface area contributed by atoms with Gasteiger partial charge in [0.25, 0.3) is 0 Å². The summed E-state index contributed by atoms with van der Waals surface area (Å²) in [7, 11) is 0. The lowest BCUT2D eigenvalue weighted by Gasteiger charge is -2.32. The third kappa shape index (κ3) is 3.90. The van der Waals surface area contributed by atoms with Crippen molar-refractivity contribution in [2.24, 2.45) is 5.92 Å². The van der Waals surface area contributed by atoms with E-state index in [4.69, 9.17) is 9.47 Å². The fourth-order valence-electron chi connectivity index (χ4n) is 3.34. The number of carbonyl (C=O) groups excluding carboxylic acids is 2. The van der Waals surface area contributed by atoms with Gasteiger partial charge in [-0.05, 0) is 41.6 Å². The molecule has 26 heavy (non-hydrogen) atoms. The van der Waals surface area contributed by atoms with Gasteiger partial charge in [0.05, 0.1) is 5.69 Å². The van der Waals surface area contributed by atoms with Crippen LogP contribution in [-0.4, -0.2) is 49.2 Å². The van der Waals surface area contributed by atoms with E-state index in [0.717, 1.165) is 30.2 Å². The van der Waals surface area contributed by atoms with Crippen molar-refractivity contribution in [1.82, 2.24) is 10.2 Å². The Morgan fingerprint density at radius 1 is 1.04 bits per heavy atom. The number of carbonyl (C=O) groups is 2. The van der Waals surface area contributed by atoms with E-state index >= 15 is 0 Å². The minimum absolute atomic E-state index is 0.0780. The number of anilines is 1. The monoisotopic (exact) mass is 423 g/mol. The first-order valence-electron chi connectivity index (χ1n) is 9.05. The molecule has 7 nitrogen and oxygen atoms in total. The van der Waals surface area contributed by atoms with E-state index in [-0.39, 0.29) is 23.9 Å². The van der Waals surface area contributed by atoms with E-state index < -0.39 is 0 Å². The lowest BCUT2D eigenvalue weighted by atomic mass is 10.0. The van der Waals surface area contributed by atoms with E-state index in [9.17, 15) is 9.59 Å². The van der Waals surface area contributed by atoms with Crippen molar-refractivity contribution in [2.75, 3.05) is 31.6 Å². The average Bonchev–Trinajstić information content (AvgIpc) is 3.47. The lowest BCUT2D eigenvalue weighted by Crippen LogP contribution is -2.48. The zero-order chi connectivity index (χ0) is 18.1. The Kier molecular flexibility index (Phi) is 4.93. The second-order valence-corrected chi connectivity index (χ2v) is 7.80. The predicted molar refractivity (Wildman–Crippen MR) is 99.6 cm³/mol. The molecule has 3 aliphatic rings. The maximum Gasteiger partial charge on any atom is 0.319 e. The molecule has 0 bridgehead atoms. The van der Waals surface area contributed by atoms with Crippen LogP contribution in [0.1, 0.15) is 25.7 Å². The number of rotatable bonds is 3. The molecule has 140 valence electrons. The molecule has 3 amide bonds. The van der Waals surface area contributed by atoms with Gasteiger partial charge in [0.1, 0.15) is 13.2 Å². The second kappa shape index (κ2) is 7.34. The number of fused-ring (bicyclic) bond motifs is 1. The van der Waals surface area contributed by atoms with Crippen molar-refractivity contribution >= 4 is 33.6 Å². The number of nitrogens with one attached hydrogen (secondary N) is 2. The van der Waals surface area contributed by atoms with Crippen molar-refractivity contribution in [3.05, 3.63) is 16.6 Å². The molecule has 0 atom stereocenters. The molecular weight excluding hydrogens is 402 g/mol. The summed E-state index contributed by atoms with van der Waals surface area (Å²) in [5, 5.41) is 5.85. The predicted octanol–water partition coefficient (Wildman–Crippen LogP) is 2.74. The quantitative estimate of drug-likeness (QED) is 0.782. The summed E-state index contributed by atoms with van der Waals surface area (Å²) in [4.78, 5) is 26.4. The maximum atomic E-state index is 12.3. The molecule has 2 fully saturated rings. The van der Waals surface area contributed by atoms with Gasteiger partial charge >= 0.3 is 6.03 Å². The third-order valence-corrected chi connectivity index (χ3v) is 5.60. The third-order valence-electron chi connectivity index (χ3n) is 4.95. The first-order chi connectivity index (χ1) is 12.6. The van der Waals surface area contributed by atoms with Crippen LogP contribution in [0, 0.1) is 5.92 Å². The Bertz CT molecular complexity index is 715. The number of hydrogen-bond donors (Lipinski definition) is 2. The van der Waals surface area contributed by atoms with E-state index in [2.05, 4.69) is 26.6 Å². The summed E-state index contributed by atoms with van der Waals surface area (Å²) < 4.78 is 11.8. The van der Waals surface area contributed by atoms with Gasteiger partial charge in [-0.1, -0.05) is 0 Å². The Morgan fingerprint density at radius 3 is 2.35 bits per heavy atom. The van der Waals surface area contributed by atoms with Crippen LogP contribution in [0.25, 0.3) is 0 Å². The number of ether oxygens (including phenoxy) is 2. The van der Waals surface area contributed by atoms with Crippen molar-refractivity contribution in [2.45, 2.75) is 31.7 Å². The zero-order valence-corrected chi connectivity index (χ0v) is 16.0. The summed E-state index contributed by atoms with van der Waals surface area (Å²) in [6, 6.07) is 3.38. The summed E-state index contributed by atoms with van der Waals surface area (Å²) in [5.74, 6) is 1.84. The number of hydrogen-bond acceptors (Lipinski definition) is 4. The number of piperidine rings is 1. The number of likely N-dealkylation sites (tertiary alicyclic amines) is 1. The highest BCUT2D eigenvalue weighted by Gasteiger charge is 2.35. The molecule has 1 aromatic rings. The Hall–Kier alpha value is -1.96. The van der Waals surface area contributed by atoms with Crippen LogP contribution in [0.5, 0.6) is 11.5 Å². The van der Waals surface area contributed by atoms with Gasteiger partial charge in [-0.15, -0.1) is 0 Å². The minimum atomic E-state index is -0.255. The molecule has 2 aliphatic heterocycles. The molecule has 0 spiro atoms. The van der Waals surface area contributed by atoms with E-state index in [1.54, 1.807) is 12.1 Å². The maximum absolute atomic E-state index is 12.3. The summed E-state index contributed by atoms with van der Waals surface area (Å²) in [5.41, 5.74) is 0.632. The van der Waals surface area contributed by atoms with Gasteiger partial charge in [0.2, 0.25) is 5.91 Å². The number of halogens is 1. The van der Waals surface area contributed by atoms with Crippen molar-refractivity contribution in [3.8, 4) is 11.5 Å². The molecule has 8 heteroatoms. The highest BCUT2D eigenvalue weighted by molar-refractivity contribution is 9.10. The number of benzene rings is 1. The molecule has 2 N–H and O–H groups in total. The second-order valence-electron chi connectivity index (χ2n) is 6.95. The van der Waals surface area contributed by atoms with Crippen LogP contribution in [-0.2, 0) is 4.79 Å². The topological polar surface area (TPSA) is 79.9 Å². The molecule has 1 aliphatic carbocycles. The molecule has 0 aromatic heterocycles. The fourth-order valence-corrected chi connectivity index (χ4v) is 3.76. The zero-order valence-electron chi connectivity index (χ0n) is 14.4. The standard InChI is InChI=1S/C18H22BrN3O4/c19-13-9-15-16(26-8-7-25-15)10-14(13)21-18(24)20-12-3-5-22(6-4-12)17(23)11-1-2-11/h9-12H,1-8H2,(H2,20,21,24). The molecule has 4 rings (SSSR count). The van der Waals surface area contributed by atoms with Crippen LogP contribution >= 0.6 is 15.9 Å². The lowest BCUT2D eigenvalue weighted by molar-refractivity contribution is -0.133. The Balaban J connectivity index is 1.30. The van der Waals surface area contributed by atoms with Gasteiger partial charge in [-0.25, -0.2) is 4.79 Å². The summed E-state index contributed by atoms with van der Waals surface area (Å²) >= 11 is 3.45. The van der Waals surface area contributed by atoms with Crippen LogP contribution < -0.4 is 20.1 Å². The SMILES string of the molecule is O=C(Nc1cc2c(cc1Br)OCCO2)NC1CCN(C(=O)C2CC2)CC1. The minimum Gasteiger partial charge on any atom is -0.486 e. The number of amides is 3. The molecule has 1 aromatic carbocycles. The smallest absolute Gasteiger partial charge is 0.319 e. The molecule has 2 heterocycles. The number of nitrogens with zero attached hydrogens (tertiary/aromatic N) is 1. The van der Waals surface area contributed by atoms with E-state index in [1.807, 2.05) is 4.90 Å². The van der Waals surface area contributed by atoms with Gasteiger partial charge in [0.15, 0.2) is 11.5 Å². The van der Waals surface area contributed by atoms with Crippen molar-refractivity contribution in [1.29, 1.82) is 0 Å². The molecule has 1 saturated heterocycles. The van der Waals surface area contributed by atoms with Gasteiger partial charge in [-0.3, -0.25) is 4.79 Å². The highest BCUT2D eigenvalue weighted by Crippen LogP contribution is 2.38. The fraction of sp³-hybridized carbons (Fsp3) is 0.556. The number of urea groups is 1. The van der Waals surface area contributed by atoms with Crippen molar-refractivity contribution in [3.63, 3.8) is 0 Å². The first-order valence-corrected chi connectivity index (χ1v) is 9.85. The van der Waals surface area contributed by atoms with Crippen molar-refractivity contribution < 1.29 is 19.1 Å². The molecule has 0 unspecified atom stereocenters. The Labute approximate surface area is 160 Å². The largest absolute Gasteiger partial charge is 0.486 e. The molecule has 1 saturated carbocycles. The van der Waals surface area contributed by atoms with Crippen LogP contribution in [0.3, 0.4) is 0 Å². The summed E-state index contributed by atoms with van der Waals surface area (Å²) in [6.45, 7) is 2.45. The van der Waals surface area contributed by atoms with E-state index in [0.29, 0.717) is 43.5 Å². The van der Waals surface area contributed by atoms with E-state index in [1.165, 1.54) is 0 Å². The van der Waals surface area contributed by atoms with Crippen LogP contribution in [0.4, 0.5) is 10.5 Å². The van der Waals surface area contributed by atoms with Gasteiger partial charge in [-0.2, -0.15) is 0 Å². The molecule has 0 radical (unpaired) electrons. The Morgan fingerprint density at radius 2 is 1.69 bits per heavy atom. The van der Waals surface area contributed by atoms with Gasteiger partial charge in [0, 0.05) is 41.7 Å². The normalized spacial score (nSPS) is 19.8. The van der Waals surface area contributed by atoms with Gasteiger partial charge < -0.3 is 25.0 Å². The van der Waals surface area contributed by atoms with Crippen LogP contribution in [0.2, 0.25) is 0 Å². The first kappa shape index (κ1) is 17.5. The average molecular weight is 424 g/mol. The molecular formula is C18H22BrN3O4. The highest BCUT2D eigenvalue weighted by atomic mass is 79.9.